The molecule has 2 atom stereocenters. The third-order valence-corrected chi connectivity index (χ3v) is 5.61. The number of benzene rings is 1. The Morgan fingerprint density at radius 2 is 1.69 bits per heavy atom. The zero-order valence-corrected chi connectivity index (χ0v) is 15.2. The Kier molecular flexibility index (Phi) is 5.72. The van der Waals surface area contributed by atoms with Crippen molar-refractivity contribution in [2.24, 2.45) is 0 Å². The monoisotopic (exact) mass is 360 g/mol. The van der Waals surface area contributed by atoms with E-state index in [1.807, 2.05) is 35.2 Å². The second kappa shape index (κ2) is 8.37. The Labute approximate surface area is 155 Å². The van der Waals surface area contributed by atoms with Gasteiger partial charge in [-0.15, -0.1) is 0 Å². The van der Waals surface area contributed by atoms with Crippen molar-refractivity contribution in [1.29, 1.82) is 0 Å². The summed E-state index contributed by atoms with van der Waals surface area (Å²) < 4.78 is 17.1. The fourth-order valence-corrected chi connectivity index (χ4v) is 4.26. The lowest BCUT2D eigenvalue weighted by molar-refractivity contribution is -0.141. The molecule has 1 aromatic carbocycles. The quantitative estimate of drug-likeness (QED) is 0.815. The highest BCUT2D eigenvalue weighted by molar-refractivity contribution is 5.82. The number of amides is 1. The number of para-hydroxylation sites is 1. The van der Waals surface area contributed by atoms with E-state index in [0.717, 1.165) is 44.8 Å². The fourth-order valence-electron chi connectivity index (χ4n) is 4.26. The molecule has 3 aliphatic heterocycles. The van der Waals surface area contributed by atoms with Crippen LogP contribution in [0.25, 0.3) is 0 Å². The molecule has 3 saturated heterocycles. The van der Waals surface area contributed by atoms with Crippen LogP contribution in [0.2, 0.25) is 0 Å². The van der Waals surface area contributed by atoms with Crippen LogP contribution in [-0.4, -0.2) is 80.0 Å². The number of ether oxygens (including phenoxy) is 3. The number of hydrogen-bond donors (Lipinski definition) is 0. The summed E-state index contributed by atoms with van der Waals surface area (Å²) in [5, 5.41) is 0. The van der Waals surface area contributed by atoms with Gasteiger partial charge in [-0.3, -0.25) is 9.69 Å². The maximum Gasteiger partial charge on any atom is 0.240 e. The first-order chi connectivity index (χ1) is 12.8. The molecular formula is C20H28N2O4. The van der Waals surface area contributed by atoms with Gasteiger partial charge in [0.1, 0.15) is 11.9 Å². The molecule has 0 bridgehead atoms. The Morgan fingerprint density at radius 3 is 2.42 bits per heavy atom. The molecule has 142 valence electrons. The molecule has 6 heteroatoms. The summed E-state index contributed by atoms with van der Waals surface area (Å²) in [6.07, 6.45) is 2.79. The Morgan fingerprint density at radius 1 is 1.00 bits per heavy atom. The Hall–Kier alpha value is -1.63. The minimum absolute atomic E-state index is 0.0511. The lowest BCUT2D eigenvalue weighted by atomic mass is 10.1. The van der Waals surface area contributed by atoms with Crippen LogP contribution in [0, 0.1) is 0 Å². The van der Waals surface area contributed by atoms with Crippen molar-refractivity contribution in [3.63, 3.8) is 0 Å². The minimum Gasteiger partial charge on any atom is -0.489 e. The molecule has 3 fully saturated rings. The molecule has 3 heterocycles. The summed E-state index contributed by atoms with van der Waals surface area (Å²) >= 11 is 0. The number of hydrogen-bond acceptors (Lipinski definition) is 5. The summed E-state index contributed by atoms with van der Waals surface area (Å²) in [4.78, 5) is 17.5. The van der Waals surface area contributed by atoms with Crippen molar-refractivity contribution in [1.82, 2.24) is 9.80 Å². The number of likely N-dealkylation sites (tertiary alicyclic amines) is 1. The third kappa shape index (κ3) is 4.03. The van der Waals surface area contributed by atoms with E-state index in [9.17, 15) is 4.79 Å². The molecule has 0 aliphatic carbocycles. The number of carbonyl (C=O) groups is 1. The minimum atomic E-state index is -0.0927. The zero-order chi connectivity index (χ0) is 17.8. The predicted molar refractivity (Wildman–Crippen MR) is 97.2 cm³/mol. The molecule has 0 spiro atoms. The summed E-state index contributed by atoms with van der Waals surface area (Å²) in [6.45, 7) is 5.04. The normalized spacial score (nSPS) is 28.2. The van der Waals surface area contributed by atoms with E-state index >= 15 is 0 Å². The van der Waals surface area contributed by atoms with E-state index in [1.165, 1.54) is 0 Å². The van der Waals surface area contributed by atoms with Gasteiger partial charge in [0.15, 0.2) is 0 Å². The van der Waals surface area contributed by atoms with Crippen molar-refractivity contribution in [3.8, 4) is 5.75 Å². The fraction of sp³-hybridized carbons (Fsp3) is 0.650. The van der Waals surface area contributed by atoms with Gasteiger partial charge in [0.2, 0.25) is 5.91 Å². The maximum absolute atomic E-state index is 13.2. The number of nitrogens with zero attached hydrogens (tertiary/aromatic N) is 2. The van der Waals surface area contributed by atoms with Gasteiger partial charge in [-0.1, -0.05) is 18.2 Å². The molecule has 0 N–H and O–H groups in total. The third-order valence-electron chi connectivity index (χ3n) is 5.61. The lowest BCUT2D eigenvalue weighted by Gasteiger charge is -2.37. The molecule has 6 nitrogen and oxygen atoms in total. The highest BCUT2D eigenvalue weighted by Crippen LogP contribution is 2.29. The van der Waals surface area contributed by atoms with Crippen LogP contribution < -0.4 is 4.74 Å². The number of morpholine rings is 1. The van der Waals surface area contributed by atoms with Crippen molar-refractivity contribution in [2.45, 2.75) is 37.5 Å². The molecule has 0 aromatic heterocycles. The van der Waals surface area contributed by atoms with E-state index < -0.39 is 0 Å². The summed E-state index contributed by atoms with van der Waals surface area (Å²) in [6, 6.07) is 10.2. The summed E-state index contributed by atoms with van der Waals surface area (Å²) in [5.41, 5.74) is 0. The molecule has 26 heavy (non-hydrogen) atoms. The molecule has 0 radical (unpaired) electrons. The van der Waals surface area contributed by atoms with Crippen molar-refractivity contribution in [2.75, 3.05) is 46.1 Å². The molecule has 0 unspecified atom stereocenters. The number of rotatable bonds is 4. The van der Waals surface area contributed by atoms with Gasteiger partial charge in [-0.25, -0.2) is 0 Å². The molecule has 4 rings (SSSR count). The van der Waals surface area contributed by atoms with Gasteiger partial charge in [0.25, 0.3) is 0 Å². The topological polar surface area (TPSA) is 51.2 Å². The van der Waals surface area contributed by atoms with Gasteiger partial charge >= 0.3 is 0 Å². The lowest BCUT2D eigenvalue weighted by Crippen LogP contribution is -2.52. The van der Waals surface area contributed by atoms with Crippen molar-refractivity contribution < 1.29 is 19.0 Å². The van der Waals surface area contributed by atoms with Crippen LogP contribution >= 0.6 is 0 Å². The van der Waals surface area contributed by atoms with Gasteiger partial charge in [0, 0.05) is 45.3 Å². The molecule has 1 amide bonds. The average molecular weight is 360 g/mol. The second-order valence-corrected chi connectivity index (χ2v) is 7.28. The van der Waals surface area contributed by atoms with E-state index in [2.05, 4.69) is 4.90 Å². The van der Waals surface area contributed by atoms with Gasteiger partial charge in [0.05, 0.1) is 19.3 Å². The highest BCUT2D eigenvalue weighted by atomic mass is 16.5. The maximum atomic E-state index is 13.2. The van der Waals surface area contributed by atoms with Crippen LogP contribution in [0.15, 0.2) is 30.3 Å². The molecule has 3 aliphatic rings. The van der Waals surface area contributed by atoms with Gasteiger partial charge in [-0.05, 0) is 25.0 Å². The standard InChI is InChI=1S/C20H28N2O4/c23-20(21-8-12-25-13-9-21)19-14-18(26-17-4-2-1-3-5-17)15-22(19)16-6-10-24-11-7-16/h1-5,16,18-19H,6-15H2/t18-,19-/m0/s1. The highest BCUT2D eigenvalue weighted by Gasteiger charge is 2.43. The SMILES string of the molecule is O=C([C@@H]1C[C@H](Oc2ccccc2)CN1C1CCOCC1)N1CCOCC1. The molecular weight excluding hydrogens is 332 g/mol. The van der Waals surface area contributed by atoms with Gasteiger partial charge in [-0.2, -0.15) is 0 Å². The summed E-state index contributed by atoms with van der Waals surface area (Å²) in [7, 11) is 0. The van der Waals surface area contributed by atoms with Crippen LogP contribution in [0.3, 0.4) is 0 Å². The van der Waals surface area contributed by atoms with Crippen LogP contribution in [0.5, 0.6) is 5.75 Å². The second-order valence-electron chi connectivity index (χ2n) is 7.28. The Bertz CT molecular complexity index is 585. The smallest absolute Gasteiger partial charge is 0.240 e. The van der Waals surface area contributed by atoms with E-state index in [-0.39, 0.29) is 18.1 Å². The van der Waals surface area contributed by atoms with Crippen molar-refractivity contribution in [3.05, 3.63) is 30.3 Å². The Balaban J connectivity index is 1.47. The van der Waals surface area contributed by atoms with E-state index in [4.69, 9.17) is 14.2 Å². The van der Waals surface area contributed by atoms with Crippen molar-refractivity contribution >= 4 is 5.91 Å². The van der Waals surface area contributed by atoms with Gasteiger partial charge < -0.3 is 19.1 Å². The largest absolute Gasteiger partial charge is 0.489 e. The summed E-state index contributed by atoms with van der Waals surface area (Å²) in [5.74, 6) is 1.11. The zero-order valence-electron chi connectivity index (χ0n) is 15.2. The molecule has 1 aromatic rings. The van der Waals surface area contributed by atoms with Crippen LogP contribution in [-0.2, 0) is 14.3 Å². The van der Waals surface area contributed by atoms with Crippen LogP contribution in [0.4, 0.5) is 0 Å². The van der Waals surface area contributed by atoms with E-state index in [0.29, 0.717) is 32.3 Å². The van der Waals surface area contributed by atoms with Crippen LogP contribution in [0.1, 0.15) is 19.3 Å². The number of carbonyl (C=O) groups excluding carboxylic acids is 1. The first kappa shape index (κ1) is 17.8. The first-order valence-electron chi connectivity index (χ1n) is 9.73. The predicted octanol–water partition coefficient (Wildman–Crippen LogP) is 1.55. The van der Waals surface area contributed by atoms with E-state index in [1.54, 1.807) is 0 Å². The molecule has 0 saturated carbocycles. The average Bonchev–Trinajstić information content (AvgIpc) is 3.13. The first-order valence-corrected chi connectivity index (χ1v) is 9.73.